The topological polar surface area (TPSA) is 45.2 Å². The molecule has 0 aromatic heterocycles. The highest BCUT2D eigenvalue weighted by Crippen LogP contribution is 2.34. The second-order valence-corrected chi connectivity index (χ2v) is 7.21. The van der Waals surface area contributed by atoms with Crippen molar-refractivity contribution in [3.63, 3.8) is 0 Å². The van der Waals surface area contributed by atoms with Gasteiger partial charge in [-0.3, -0.25) is 4.90 Å². The lowest BCUT2D eigenvalue weighted by molar-refractivity contribution is 0.109. The molecule has 4 rings (SSSR count). The summed E-state index contributed by atoms with van der Waals surface area (Å²) in [6.07, 6.45) is -0.517. The molecule has 2 aliphatic rings. The predicted octanol–water partition coefficient (Wildman–Crippen LogP) is 2.89. The molecule has 2 aliphatic heterocycles. The van der Waals surface area contributed by atoms with Crippen LogP contribution in [0.5, 0.6) is 11.5 Å². The van der Waals surface area contributed by atoms with Crippen molar-refractivity contribution in [2.24, 2.45) is 0 Å². The molecular formula is C21H26N2O3. The van der Waals surface area contributed by atoms with E-state index in [2.05, 4.69) is 41.8 Å². The number of benzene rings is 2. The SMILES string of the molecule is Cc1ccc(C)c(N2CCN(CC(O)c3ccc4c(c3)OCO4)CC2)c1. The molecule has 0 aliphatic carbocycles. The van der Waals surface area contributed by atoms with Gasteiger partial charge in [0, 0.05) is 38.4 Å². The van der Waals surface area contributed by atoms with Gasteiger partial charge in [-0.15, -0.1) is 0 Å². The monoisotopic (exact) mass is 354 g/mol. The van der Waals surface area contributed by atoms with E-state index in [-0.39, 0.29) is 6.79 Å². The number of ether oxygens (including phenoxy) is 2. The molecule has 0 bridgehead atoms. The van der Waals surface area contributed by atoms with Gasteiger partial charge >= 0.3 is 0 Å². The van der Waals surface area contributed by atoms with Crippen LogP contribution in [0.1, 0.15) is 22.8 Å². The lowest BCUT2D eigenvalue weighted by atomic mass is 10.1. The molecule has 5 heteroatoms. The van der Waals surface area contributed by atoms with E-state index in [0.29, 0.717) is 6.54 Å². The Morgan fingerprint density at radius 2 is 1.73 bits per heavy atom. The van der Waals surface area contributed by atoms with Gasteiger partial charge in [-0.1, -0.05) is 18.2 Å². The molecule has 1 unspecified atom stereocenters. The molecule has 5 nitrogen and oxygen atoms in total. The predicted molar refractivity (Wildman–Crippen MR) is 102 cm³/mol. The third-order valence-electron chi connectivity index (χ3n) is 5.29. The molecule has 2 aromatic carbocycles. The summed E-state index contributed by atoms with van der Waals surface area (Å²) >= 11 is 0. The summed E-state index contributed by atoms with van der Waals surface area (Å²) in [5, 5.41) is 10.6. The molecule has 0 radical (unpaired) electrons. The maximum absolute atomic E-state index is 10.6. The highest BCUT2D eigenvalue weighted by molar-refractivity contribution is 5.55. The first-order valence-corrected chi connectivity index (χ1v) is 9.22. The highest BCUT2D eigenvalue weighted by atomic mass is 16.7. The summed E-state index contributed by atoms with van der Waals surface area (Å²) in [5.41, 5.74) is 4.84. The maximum atomic E-state index is 10.6. The van der Waals surface area contributed by atoms with Crippen LogP contribution in [0, 0.1) is 13.8 Å². The van der Waals surface area contributed by atoms with Crippen LogP contribution < -0.4 is 14.4 Å². The molecule has 1 saturated heterocycles. The van der Waals surface area contributed by atoms with E-state index in [1.165, 1.54) is 16.8 Å². The number of piperazine rings is 1. The summed E-state index contributed by atoms with van der Waals surface area (Å²) in [5.74, 6) is 1.48. The molecule has 0 spiro atoms. The number of aryl methyl sites for hydroxylation is 2. The Kier molecular flexibility index (Phi) is 4.74. The second-order valence-electron chi connectivity index (χ2n) is 7.21. The zero-order valence-electron chi connectivity index (χ0n) is 15.4. The van der Waals surface area contributed by atoms with Gasteiger partial charge in [0.2, 0.25) is 6.79 Å². The summed E-state index contributed by atoms with van der Waals surface area (Å²) < 4.78 is 10.7. The third kappa shape index (κ3) is 3.50. The lowest BCUT2D eigenvalue weighted by Gasteiger charge is -2.37. The van der Waals surface area contributed by atoms with Gasteiger partial charge < -0.3 is 19.5 Å². The number of aliphatic hydroxyl groups is 1. The van der Waals surface area contributed by atoms with Crippen molar-refractivity contribution in [2.75, 3.05) is 44.4 Å². The Bertz CT molecular complexity index is 785. The van der Waals surface area contributed by atoms with E-state index >= 15 is 0 Å². The smallest absolute Gasteiger partial charge is 0.231 e. The molecule has 1 atom stereocenters. The van der Waals surface area contributed by atoms with E-state index in [1.54, 1.807) is 0 Å². The molecular weight excluding hydrogens is 328 g/mol. The van der Waals surface area contributed by atoms with Crippen LogP contribution in [0.15, 0.2) is 36.4 Å². The van der Waals surface area contributed by atoms with Crippen molar-refractivity contribution in [3.05, 3.63) is 53.1 Å². The quantitative estimate of drug-likeness (QED) is 0.915. The Labute approximate surface area is 154 Å². The zero-order valence-corrected chi connectivity index (χ0v) is 15.4. The number of aliphatic hydroxyl groups excluding tert-OH is 1. The molecule has 2 aromatic rings. The van der Waals surface area contributed by atoms with Crippen molar-refractivity contribution >= 4 is 5.69 Å². The number of hydrogen-bond donors (Lipinski definition) is 1. The van der Waals surface area contributed by atoms with Gasteiger partial charge in [0.15, 0.2) is 11.5 Å². The van der Waals surface area contributed by atoms with Crippen molar-refractivity contribution in [3.8, 4) is 11.5 Å². The first-order chi connectivity index (χ1) is 12.6. The molecule has 26 heavy (non-hydrogen) atoms. The van der Waals surface area contributed by atoms with Crippen LogP contribution in [0.3, 0.4) is 0 Å². The van der Waals surface area contributed by atoms with E-state index in [1.807, 2.05) is 18.2 Å². The summed E-state index contributed by atoms with van der Waals surface area (Å²) in [6, 6.07) is 12.3. The van der Waals surface area contributed by atoms with Crippen molar-refractivity contribution in [2.45, 2.75) is 20.0 Å². The Morgan fingerprint density at radius 1 is 0.962 bits per heavy atom. The first-order valence-electron chi connectivity index (χ1n) is 9.22. The standard InChI is InChI=1S/C21H26N2O3/c1-15-3-4-16(2)18(11-15)23-9-7-22(8-10-23)13-19(24)17-5-6-20-21(12-17)26-14-25-20/h3-6,11-12,19,24H,7-10,13-14H2,1-2H3. The average molecular weight is 354 g/mol. The normalized spacial score (nSPS) is 18.2. The van der Waals surface area contributed by atoms with Crippen LogP contribution in [-0.2, 0) is 0 Å². The van der Waals surface area contributed by atoms with Gasteiger partial charge in [0.1, 0.15) is 0 Å². The van der Waals surface area contributed by atoms with Gasteiger partial charge in [-0.25, -0.2) is 0 Å². The van der Waals surface area contributed by atoms with Crippen molar-refractivity contribution < 1.29 is 14.6 Å². The first kappa shape index (κ1) is 17.2. The summed E-state index contributed by atoms with van der Waals surface area (Å²) in [6.45, 7) is 9.08. The Hall–Kier alpha value is -2.24. The molecule has 1 N–H and O–H groups in total. The minimum atomic E-state index is -0.517. The zero-order chi connectivity index (χ0) is 18.1. The van der Waals surface area contributed by atoms with Crippen LogP contribution in [0.4, 0.5) is 5.69 Å². The van der Waals surface area contributed by atoms with Crippen LogP contribution in [-0.4, -0.2) is 49.5 Å². The van der Waals surface area contributed by atoms with Crippen molar-refractivity contribution in [1.82, 2.24) is 4.90 Å². The minimum absolute atomic E-state index is 0.259. The third-order valence-corrected chi connectivity index (χ3v) is 5.29. The van der Waals surface area contributed by atoms with Crippen LogP contribution >= 0.6 is 0 Å². The maximum Gasteiger partial charge on any atom is 0.231 e. The summed E-state index contributed by atoms with van der Waals surface area (Å²) in [7, 11) is 0. The minimum Gasteiger partial charge on any atom is -0.454 e. The fourth-order valence-electron chi connectivity index (χ4n) is 3.70. The Morgan fingerprint density at radius 3 is 2.54 bits per heavy atom. The van der Waals surface area contributed by atoms with Crippen LogP contribution in [0.25, 0.3) is 0 Å². The fraction of sp³-hybridized carbons (Fsp3) is 0.429. The number of fused-ring (bicyclic) bond motifs is 1. The van der Waals surface area contributed by atoms with E-state index in [4.69, 9.17) is 9.47 Å². The van der Waals surface area contributed by atoms with Gasteiger partial charge in [-0.2, -0.15) is 0 Å². The fourth-order valence-corrected chi connectivity index (χ4v) is 3.70. The van der Waals surface area contributed by atoms with Crippen LogP contribution in [0.2, 0.25) is 0 Å². The summed E-state index contributed by atoms with van der Waals surface area (Å²) in [4.78, 5) is 4.78. The molecule has 1 fully saturated rings. The lowest BCUT2D eigenvalue weighted by Crippen LogP contribution is -2.47. The Balaban J connectivity index is 1.35. The molecule has 0 amide bonds. The largest absolute Gasteiger partial charge is 0.454 e. The number of rotatable bonds is 4. The molecule has 2 heterocycles. The number of nitrogens with zero attached hydrogens (tertiary/aromatic N) is 2. The van der Waals surface area contributed by atoms with E-state index in [9.17, 15) is 5.11 Å². The second kappa shape index (κ2) is 7.17. The van der Waals surface area contributed by atoms with Gasteiger partial charge in [-0.05, 0) is 48.7 Å². The van der Waals surface area contributed by atoms with Crippen molar-refractivity contribution in [1.29, 1.82) is 0 Å². The van der Waals surface area contributed by atoms with E-state index < -0.39 is 6.10 Å². The van der Waals surface area contributed by atoms with Gasteiger partial charge in [0.05, 0.1) is 6.10 Å². The number of anilines is 1. The average Bonchev–Trinajstić information content (AvgIpc) is 3.12. The number of hydrogen-bond acceptors (Lipinski definition) is 5. The number of β-amino-alcohol motifs (C(OH)–C–C–N with tert-alkyl or cyclic N) is 1. The molecule has 0 saturated carbocycles. The van der Waals surface area contributed by atoms with E-state index in [0.717, 1.165) is 43.2 Å². The highest BCUT2D eigenvalue weighted by Gasteiger charge is 2.22. The van der Waals surface area contributed by atoms with Gasteiger partial charge in [0.25, 0.3) is 0 Å². The molecule has 138 valence electrons.